The topological polar surface area (TPSA) is 50.8 Å². The highest BCUT2D eigenvalue weighted by molar-refractivity contribution is 5.75. The van der Waals surface area contributed by atoms with Gasteiger partial charge >= 0.3 is 5.97 Å². The highest BCUT2D eigenvalue weighted by Crippen LogP contribution is 2.28. The highest BCUT2D eigenvalue weighted by atomic mass is 16.5. The van der Waals surface area contributed by atoms with Crippen molar-refractivity contribution in [3.05, 3.63) is 0 Å². The molecular formula is C14H28N2O3. The first-order chi connectivity index (χ1) is 9.17. The lowest BCUT2D eigenvalue weighted by atomic mass is 10.2. The Morgan fingerprint density at radius 2 is 2.16 bits per heavy atom. The third kappa shape index (κ3) is 7.50. The van der Waals surface area contributed by atoms with E-state index in [0.717, 1.165) is 45.2 Å². The van der Waals surface area contributed by atoms with Crippen molar-refractivity contribution in [1.29, 1.82) is 0 Å². The number of likely N-dealkylation sites (N-methyl/N-ethyl adjacent to an activating group) is 2. The monoisotopic (exact) mass is 272 g/mol. The van der Waals surface area contributed by atoms with E-state index >= 15 is 0 Å². The maximum atomic E-state index is 11.5. The summed E-state index contributed by atoms with van der Waals surface area (Å²) >= 11 is 0. The van der Waals surface area contributed by atoms with E-state index in [4.69, 9.17) is 9.47 Å². The summed E-state index contributed by atoms with van der Waals surface area (Å²) in [6.45, 7) is 6.22. The van der Waals surface area contributed by atoms with Crippen LogP contribution in [0.1, 0.15) is 26.2 Å². The molecule has 1 unspecified atom stereocenters. The van der Waals surface area contributed by atoms with Crippen molar-refractivity contribution in [2.45, 2.75) is 32.2 Å². The molecule has 1 atom stereocenters. The van der Waals surface area contributed by atoms with Crippen molar-refractivity contribution in [1.82, 2.24) is 10.2 Å². The Bertz CT molecular complexity index is 257. The second-order valence-corrected chi connectivity index (χ2v) is 5.24. The smallest absolute Gasteiger partial charge is 0.322 e. The van der Waals surface area contributed by atoms with E-state index in [2.05, 4.69) is 17.3 Å². The average molecular weight is 272 g/mol. The summed E-state index contributed by atoms with van der Waals surface area (Å²) in [6, 6.07) is -0.204. The van der Waals surface area contributed by atoms with Gasteiger partial charge in [-0.3, -0.25) is 4.79 Å². The summed E-state index contributed by atoms with van der Waals surface area (Å²) < 4.78 is 10.4. The van der Waals surface area contributed by atoms with Gasteiger partial charge < -0.3 is 19.7 Å². The molecule has 0 aromatic rings. The molecule has 0 amide bonds. The second kappa shape index (κ2) is 9.28. The summed E-state index contributed by atoms with van der Waals surface area (Å²) in [5.74, 6) is 0.642. The van der Waals surface area contributed by atoms with Gasteiger partial charge in [-0.2, -0.15) is 0 Å². The van der Waals surface area contributed by atoms with Crippen molar-refractivity contribution in [2.75, 3.05) is 47.0 Å². The van der Waals surface area contributed by atoms with E-state index in [1.807, 2.05) is 6.92 Å². The van der Waals surface area contributed by atoms with Crippen molar-refractivity contribution < 1.29 is 14.3 Å². The van der Waals surface area contributed by atoms with Crippen LogP contribution >= 0.6 is 0 Å². The molecule has 19 heavy (non-hydrogen) atoms. The molecule has 5 heteroatoms. The summed E-state index contributed by atoms with van der Waals surface area (Å²) in [5.41, 5.74) is 0. The van der Waals surface area contributed by atoms with Gasteiger partial charge in [0.05, 0.1) is 13.7 Å². The van der Waals surface area contributed by atoms with E-state index < -0.39 is 0 Å². The van der Waals surface area contributed by atoms with E-state index in [1.54, 1.807) is 0 Å². The van der Waals surface area contributed by atoms with Crippen LogP contribution in [-0.2, 0) is 14.3 Å². The minimum absolute atomic E-state index is 0.180. The zero-order chi connectivity index (χ0) is 14.1. The number of hydrogen-bond donors (Lipinski definition) is 1. The van der Waals surface area contributed by atoms with Crippen LogP contribution in [0.5, 0.6) is 0 Å². The van der Waals surface area contributed by atoms with Gasteiger partial charge in [-0.05, 0) is 45.3 Å². The zero-order valence-electron chi connectivity index (χ0n) is 12.5. The molecule has 0 spiro atoms. The van der Waals surface area contributed by atoms with Crippen LogP contribution < -0.4 is 5.32 Å². The minimum atomic E-state index is -0.204. The van der Waals surface area contributed by atoms with Crippen molar-refractivity contribution in [3.63, 3.8) is 0 Å². The largest absolute Gasteiger partial charge is 0.468 e. The molecule has 1 aliphatic carbocycles. The van der Waals surface area contributed by atoms with Crippen LogP contribution in [0.3, 0.4) is 0 Å². The van der Waals surface area contributed by atoms with E-state index in [1.165, 1.54) is 20.0 Å². The number of ether oxygens (including phenoxy) is 2. The summed E-state index contributed by atoms with van der Waals surface area (Å²) in [7, 11) is 3.49. The fraction of sp³-hybridized carbons (Fsp3) is 0.929. The summed E-state index contributed by atoms with van der Waals surface area (Å²) in [6.07, 6.45) is 3.43. The number of carbonyl (C=O) groups is 1. The molecule has 5 nitrogen and oxygen atoms in total. The number of methoxy groups -OCH3 is 1. The van der Waals surface area contributed by atoms with Gasteiger partial charge in [0, 0.05) is 13.2 Å². The van der Waals surface area contributed by atoms with Crippen LogP contribution in [-0.4, -0.2) is 63.9 Å². The normalized spacial score (nSPS) is 16.6. The summed E-state index contributed by atoms with van der Waals surface area (Å²) in [4.78, 5) is 13.7. The Morgan fingerprint density at radius 3 is 2.74 bits per heavy atom. The molecule has 0 aliphatic heterocycles. The molecule has 1 saturated carbocycles. The van der Waals surface area contributed by atoms with Crippen molar-refractivity contribution in [3.8, 4) is 0 Å². The van der Waals surface area contributed by atoms with Crippen LogP contribution in [0.25, 0.3) is 0 Å². The van der Waals surface area contributed by atoms with Gasteiger partial charge in [-0.25, -0.2) is 0 Å². The molecule has 1 fully saturated rings. The third-order valence-corrected chi connectivity index (χ3v) is 3.40. The Balaban J connectivity index is 2.07. The van der Waals surface area contributed by atoms with Gasteiger partial charge in [0.2, 0.25) is 0 Å². The molecular weight excluding hydrogens is 244 g/mol. The van der Waals surface area contributed by atoms with Gasteiger partial charge in [0.25, 0.3) is 0 Å². The van der Waals surface area contributed by atoms with Crippen molar-refractivity contribution in [2.24, 2.45) is 5.92 Å². The number of rotatable bonds is 11. The van der Waals surface area contributed by atoms with Gasteiger partial charge in [-0.15, -0.1) is 0 Å². The molecule has 0 heterocycles. The van der Waals surface area contributed by atoms with E-state index in [-0.39, 0.29) is 12.0 Å². The minimum Gasteiger partial charge on any atom is -0.468 e. The molecule has 1 rings (SSSR count). The highest BCUT2D eigenvalue weighted by Gasteiger charge is 2.21. The molecule has 1 N–H and O–H groups in total. The molecule has 0 aromatic heterocycles. The predicted octanol–water partition coefficient (Wildman–Crippen LogP) is 0.886. The summed E-state index contributed by atoms with van der Waals surface area (Å²) in [5, 5.41) is 3.15. The Labute approximate surface area is 116 Å². The van der Waals surface area contributed by atoms with Crippen molar-refractivity contribution >= 4 is 5.97 Å². The first-order valence-corrected chi connectivity index (χ1v) is 7.24. The van der Waals surface area contributed by atoms with E-state index in [9.17, 15) is 4.79 Å². The molecule has 1 aliphatic rings. The molecule has 0 aromatic carbocycles. The fourth-order valence-corrected chi connectivity index (χ4v) is 1.91. The average Bonchev–Trinajstić information content (AvgIpc) is 3.22. The number of carbonyl (C=O) groups excluding carboxylic acids is 1. The lowest BCUT2D eigenvalue weighted by molar-refractivity contribution is -0.143. The quantitative estimate of drug-likeness (QED) is 0.447. The molecule has 112 valence electrons. The van der Waals surface area contributed by atoms with Gasteiger partial charge in [0.1, 0.15) is 6.04 Å². The number of nitrogens with one attached hydrogen (secondary N) is 1. The van der Waals surface area contributed by atoms with Gasteiger partial charge in [-0.1, -0.05) is 6.92 Å². The Morgan fingerprint density at radius 1 is 1.42 bits per heavy atom. The Hall–Kier alpha value is -0.650. The molecule has 0 saturated heterocycles. The standard InChI is InChI=1S/C14H28N2O3/c1-4-15-13(14(17)18-3)7-8-16(2)9-10-19-11-12-5-6-12/h12-13,15H,4-11H2,1-3H3. The number of nitrogens with zero attached hydrogens (tertiary/aromatic N) is 1. The number of esters is 1. The SMILES string of the molecule is CCNC(CCN(C)CCOCC1CC1)C(=O)OC. The maximum Gasteiger partial charge on any atom is 0.322 e. The van der Waals surface area contributed by atoms with Gasteiger partial charge in [0.15, 0.2) is 0 Å². The fourth-order valence-electron chi connectivity index (χ4n) is 1.91. The van der Waals surface area contributed by atoms with Crippen LogP contribution in [0, 0.1) is 5.92 Å². The molecule has 0 bridgehead atoms. The second-order valence-electron chi connectivity index (χ2n) is 5.24. The predicted molar refractivity (Wildman–Crippen MR) is 75.1 cm³/mol. The van der Waals surface area contributed by atoms with Crippen LogP contribution in [0.15, 0.2) is 0 Å². The zero-order valence-corrected chi connectivity index (χ0v) is 12.5. The first-order valence-electron chi connectivity index (χ1n) is 7.24. The van der Waals surface area contributed by atoms with E-state index in [0.29, 0.717) is 0 Å². The third-order valence-electron chi connectivity index (χ3n) is 3.40. The van der Waals surface area contributed by atoms with Crippen LogP contribution in [0.2, 0.25) is 0 Å². The molecule has 0 radical (unpaired) electrons. The van der Waals surface area contributed by atoms with Crippen LogP contribution in [0.4, 0.5) is 0 Å². The lowest BCUT2D eigenvalue weighted by Gasteiger charge is -2.20. The number of hydrogen-bond acceptors (Lipinski definition) is 5. The first kappa shape index (κ1) is 16.4. The Kier molecular flexibility index (Phi) is 8.02. The maximum absolute atomic E-state index is 11.5. The lowest BCUT2D eigenvalue weighted by Crippen LogP contribution is -2.40.